The van der Waals surface area contributed by atoms with Crippen LogP contribution in [0.15, 0.2) is 70.0 Å². The number of aryl methyl sites for hydroxylation is 1. The summed E-state index contributed by atoms with van der Waals surface area (Å²) in [6, 6.07) is 16.1. The zero-order valence-electron chi connectivity index (χ0n) is 15.6. The number of carbonyl (C=O) groups excluding carboxylic acids is 1. The minimum absolute atomic E-state index is 0.125. The second kappa shape index (κ2) is 8.62. The van der Waals surface area contributed by atoms with E-state index in [2.05, 4.69) is 31.0 Å². The van der Waals surface area contributed by atoms with Crippen LogP contribution in [0.2, 0.25) is 0 Å². The van der Waals surface area contributed by atoms with Crippen LogP contribution in [0.4, 0.5) is 11.5 Å². The third kappa shape index (κ3) is 5.12. The Labute approximate surface area is 177 Å². The van der Waals surface area contributed by atoms with Crippen LogP contribution in [0.25, 0.3) is 0 Å². The van der Waals surface area contributed by atoms with Crippen LogP contribution in [-0.2, 0) is 10.0 Å². The van der Waals surface area contributed by atoms with Gasteiger partial charge >= 0.3 is 0 Å². The summed E-state index contributed by atoms with van der Waals surface area (Å²) in [5.74, 6) is 0.0221. The molecule has 150 valence electrons. The summed E-state index contributed by atoms with van der Waals surface area (Å²) in [5, 5.41) is 2.66. The molecule has 0 saturated carbocycles. The van der Waals surface area contributed by atoms with Crippen molar-refractivity contribution < 1.29 is 17.9 Å². The summed E-state index contributed by atoms with van der Waals surface area (Å²) in [6.45, 7) is 1.81. The number of hydrogen-bond acceptors (Lipinski definition) is 5. The van der Waals surface area contributed by atoms with Crippen LogP contribution < -0.4 is 14.8 Å². The highest BCUT2D eigenvalue weighted by atomic mass is 79.9. The van der Waals surface area contributed by atoms with E-state index in [0.29, 0.717) is 11.5 Å². The average molecular weight is 476 g/mol. The van der Waals surface area contributed by atoms with Crippen molar-refractivity contribution in [2.24, 2.45) is 0 Å². The largest absolute Gasteiger partial charge is 0.495 e. The number of ether oxygens (including phenoxy) is 1. The molecule has 0 bridgehead atoms. The van der Waals surface area contributed by atoms with E-state index >= 15 is 0 Å². The standard InChI is InChI=1S/C20H18BrN3O4S/c1-13-4-3-5-19(22-13)23-20(25)14-6-11-17(28-2)18(12-14)29(26,27)24-16-9-7-15(21)8-10-16/h3-12,24H,1-2H3,(H,22,23,25). The van der Waals surface area contributed by atoms with Crippen molar-refractivity contribution in [1.29, 1.82) is 0 Å². The first kappa shape index (κ1) is 20.8. The molecule has 3 aromatic rings. The van der Waals surface area contributed by atoms with Gasteiger partial charge in [-0.3, -0.25) is 9.52 Å². The van der Waals surface area contributed by atoms with E-state index in [1.54, 1.807) is 36.4 Å². The Kier molecular flexibility index (Phi) is 6.19. The van der Waals surface area contributed by atoms with Crippen molar-refractivity contribution in [3.05, 3.63) is 76.4 Å². The molecule has 0 aliphatic carbocycles. The molecule has 2 aromatic carbocycles. The highest BCUT2D eigenvalue weighted by molar-refractivity contribution is 9.10. The van der Waals surface area contributed by atoms with Gasteiger partial charge in [-0.05, 0) is 61.5 Å². The van der Waals surface area contributed by atoms with Crippen LogP contribution in [0.5, 0.6) is 5.75 Å². The molecular weight excluding hydrogens is 458 g/mol. The number of amides is 1. The van der Waals surface area contributed by atoms with Crippen molar-refractivity contribution in [2.45, 2.75) is 11.8 Å². The molecule has 1 aromatic heterocycles. The lowest BCUT2D eigenvalue weighted by Gasteiger charge is -2.13. The van der Waals surface area contributed by atoms with Gasteiger partial charge in [-0.25, -0.2) is 13.4 Å². The zero-order valence-corrected chi connectivity index (χ0v) is 18.0. The van der Waals surface area contributed by atoms with Gasteiger partial charge < -0.3 is 10.1 Å². The van der Waals surface area contributed by atoms with E-state index in [9.17, 15) is 13.2 Å². The van der Waals surface area contributed by atoms with Crippen molar-refractivity contribution in [2.75, 3.05) is 17.1 Å². The van der Waals surface area contributed by atoms with E-state index in [1.807, 2.05) is 13.0 Å². The van der Waals surface area contributed by atoms with Gasteiger partial charge in [0.1, 0.15) is 16.5 Å². The third-order valence-electron chi connectivity index (χ3n) is 3.94. The molecule has 0 fully saturated rings. The van der Waals surface area contributed by atoms with Crippen molar-refractivity contribution >= 4 is 43.4 Å². The first-order valence-corrected chi connectivity index (χ1v) is 10.8. The maximum Gasteiger partial charge on any atom is 0.265 e. The van der Waals surface area contributed by atoms with E-state index in [4.69, 9.17) is 4.74 Å². The molecule has 0 spiro atoms. The first-order chi connectivity index (χ1) is 13.8. The Morgan fingerprint density at radius 2 is 1.79 bits per heavy atom. The summed E-state index contributed by atoms with van der Waals surface area (Å²) in [5.41, 5.74) is 1.29. The molecule has 0 atom stereocenters. The number of benzene rings is 2. The summed E-state index contributed by atoms with van der Waals surface area (Å²) >= 11 is 3.30. The predicted octanol–water partition coefficient (Wildman–Crippen LogP) is 4.21. The van der Waals surface area contributed by atoms with Crippen LogP contribution in [-0.4, -0.2) is 26.4 Å². The number of rotatable bonds is 6. The molecule has 3 rings (SSSR count). The smallest absolute Gasteiger partial charge is 0.265 e. The molecule has 0 aliphatic rings. The van der Waals surface area contributed by atoms with Gasteiger partial charge in [0.2, 0.25) is 0 Å². The fourth-order valence-electron chi connectivity index (χ4n) is 2.56. The zero-order chi connectivity index (χ0) is 21.0. The maximum absolute atomic E-state index is 12.9. The molecule has 7 nitrogen and oxygen atoms in total. The number of carbonyl (C=O) groups is 1. The monoisotopic (exact) mass is 475 g/mol. The van der Waals surface area contributed by atoms with Crippen molar-refractivity contribution in [1.82, 2.24) is 4.98 Å². The molecular formula is C20H18BrN3O4S. The number of halogens is 1. The number of sulfonamides is 1. The molecule has 0 unspecified atom stereocenters. The van der Waals surface area contributed by atoms with Crippen molar-refractivity contribution in [3.8, 4) is 5.75 Å². The number of pyridine rings is 1. The summed E-state index contributed by atoms with van der Waals surface area (Å²) < 4.78 is 34.3. The SMILES string of the molecule is COc1ccc(C(=O)Nc2cccc(C)n2)cc1S(=O)(=O)Nc1ccc(Br)cc1. The Morgan fingerprint density at radius 3 is 2.45 bits per heavy atom. The van der Waals surface area contributed by atoms with E-state index in [0.717, 1.165) is 10.2 Å². The molecule has 2 N–H and O–H groups in total. The van der Waals surface area contributed by atoms with Gasteiger partial charge in [-0.2, -0.15) is 0 Å². The van der Waals surface area contributed by atoms with Crippen LogP contribution in [0.3, 0.4) is 0 Å². The van der Waals surface area contributed by atoms with Crippen LogP contribution in [0.1, 0.15) is 16.1 Å². The lowest BCUT2D eigenvalue weighted by atomic mass is 10.2. The Morgan fingerprint density at radius 1 is 1.07 bits per heavy atom. The number of anilines is 2. The molecule has 0 saturated heterocycles. The summed E-state index contributed by atoms with van der Waals surface area (Å²) in [4.78, 5) is 16.7. The lowest BCUT2D eigenvalue weighted by molar-refractivity contribution is 0.102. The molecule has 0 aliphatic heterocycles. The molecule has 0 radical (unpaired) electrons. The van der Waals surface area contributed by atoms with E-state index < -0.39 is 15.9 Å². The quantitative estimate of drug-likeness (QED) is 0.556. The van der Waals surface area contributed by atoms with Gasteiger partial charge in [0.05, 0.1) is 7.11 Å². The lowest BCUT2D eigenvalue weighted by Crippen LogP contribution is -2.17. The maximum atomic E-state index is 12.9. The highest BCUT2D eigenvalue weighted by Gasteiger charge is 2.22. The highest BCUT2D eigenvalue weighted by Crippen LogP contribution is 2.28. The third-order valence-corrected chi connectivity index (χ3v) is 5.87. The Bertz CT molecular complexity index is 1150. The number of nitrogens with one attached hydrogen (secondary N) is 2. The fourth-order valence-corrected chi connectivity index (χ4v) is 4.08. The number of aromatic nitrogens is 1. The minimum Gasteiger partial charge on any atom is -0.495 e. The minimum atomic E-state index is -3.99. The molecule has 1 heterocycles. The van der Waals surface area contributed by atoms with E-state index in [1.165, 1.54) is 25.3 Å². The second-order valence-corrected chi connectivity index (χ2v) is 8.66. The summed E-state index contributed by atoms with van der Waals surface area (Å²) in [7, 11) is -2.62. The van der Waals surface area contributed by atoms with Gasteiger partial charge in [-0.15, -0.1) is 0 Å². The number of nitrogens with zero attached hydrogens (tertiary/aromatic N) is 1. The van der Waals surface area contributed by atoms with Crippen molar-refractivity contribution in [3.63, 3.8) is 0 Å². The molecule has 1 amide bonds. The van der Waals surface area contributed by atoms with Crippen LogP contribution in [0, 0.1) is 6.92 Å². The number of hydrogen-bond donors (Lipinski definition) is 2. The Balaban J connectivity index is 1.91. The van der Waals surface area contributed by atoms with Gasteiger partial charge in [0, 0.05) is 21.4 Å². The Hall–Kier alpha value is -2.91. The predicted molar refractivity (Wildman–Crippen MR) is 115 cm³/mol. The number of methoxy groups -OCH3 is 1. The first-order valence-electron chi connectivity index (χ1n) is 8.50. The van der Waals surface area contributed by atoms with E-state index in [-0.39, 0.29) is 16.2 Å². The van der Waals surface area contributed by atoms with Gasteiger partial charge in [0.15, 0.2) is 0 Å². The summed E-state index contributed by atoms with van der Waals surface area (Å²) in [6.07, 6.45) is 0. The normalized spacial score (nSPS) is 11.0. The molecule has 29 heavy (non-hydrogen) atoms. The molecule has 9 heteroatoms. The topological polar surface area (TPSA) is 97.4 Å². The average Bonchev–Trinajstić information content (AvgIpc) is 2.69. The van der Waals surface area contributed by atoms with Gasteiger partial charge in [0.25, 0.3) is 15.9 Å². The fraction of sp³-hybridized carbons (Fsp3) is 0.100. The van der Waals surface area contributed by atoms with Gasteiger partial charge in [-0.1, -0.05) is 22.0 Å². The van der Waals surface area contributed by atoms with Crippen LogP contribution >= 0.6 is 15.9 Å². The second-order valence-electron chi connectivity index (χ2n) is 6.10.